The zero-order chi connectivity index (χ0) is 21.9. The molecule has 0 bridgehead atoms. The van der Waals surface area contributed by atoms with Gasteiger partial charge in [-0.25, -0.2) is 3.63 Å². The summed E-state index contributed by atoms with van der Waals surface area (Å²) in [6.07, 6.45) is 0. The summed E-state index contributed by atoms with van der Waals surface area (Å²) in [5.74, 6) is 0. The van der Waals surface area contributed by atoms with Crippen molar-refractivity contribution in [2.45, 2.75) is 19.6 Å². The van der Waals surface area contributed by atoms with E-state index in [2.05, 4.69) is 0 Å². The molecule has 31 heavy (non-hydrogen) atoms. The standard InChI is InChI=1S/C24H18Cl2O3S2/c25-19-16-17-23(26)24(18-19)31(27,28)29-30(20-10-4-1-5-11-20,21-12-6-2-7-13-21)22-14-8-3-9-15-22/h1-18H. The molecule has 4 aromatic rings. The summed E-state index contributed by atoms with van der Waals surface area (Å²) >= 11 is 12.3. The van der Waals surface area contributed by atoms with Gasteiger partial charge < -0.3 is 0 Å². The molecule has 7 heteroatoms. The van der Waals surface area contributed by atoms with Gasteiger partial charge in [0.15, 0.2) is 0 Å². The highest BCUT2D eigenvalue weighted by Gasteiger charge is 2.38. The van der Waals surface area contributed by atoms with E-state index in [0.29, 0.717) is 0 Å². The number of halogens is 2. The van der Waals surface area contributed by atoms with Crippen molar-refractivity contribution in [2.75, 3.05) is 0 Å². The smallest absolute Gasteiger partial charge is 0.203 e. The van der Waals surface area contributed by atoms with E-state index in [0.717, 1.165) is 14.7 Å². The van der Waals surface area contributed by atoms with Gasteiger partial charge in [-0.1, -0.05) is 77.8 Å². The van der Waals surface area contributed by atoms with Crippen LogP contribution in [-0.2, 0) is 13.7 Å². The molecule has 0 fully saturated rings. The third kappa shape index (κ3) is 4.38. The Hall–Kier alpha value is -2.28. The third-order valence-corrected chi connectivity index (χ3v) is 10.5. The maximum atomic E-state index is 13.6. The second-order valence-electron chi connectivity index (χ2n) is 6.59. The first kappa shape index (κ1) is 21.9. The summed E-state index contributed by atoms with van der Waals surface area (Å²) in [6, 6.07) is 32.4. The van der Waals surface area contributed by atoms with Crippen LogP contribution in [-0.4, -0.2) is 8.42 Å². The van der Waals surface area contributed by atoms with E-state index < -0.39 is 20.4 Å². The largest absolute Gasteiger partial charge is 0.308 e. The number of rotatable bonds is 6. The topological polar surface area (TPSA) is 43.4 Å². The lowest BCUT2D eigenvalue weighted by Crippen LogP contribution is -2.15. The van der Waals surface area contributed by atoms with Gasteiger partial charge in [-0.15, -0.1) is 0 Å². The van der Waals surface area contributed by atoms with Crippen LogP contribution in [0.3, 0.4) is 0 Å². The predicted octanol–water partition coefficient (Wildman–Crippen LogP) is 7.60. The predicted molar refractivity (Wildman–Crippen MR) is 126 cm³/mol. The Bertz CT molecular complexity index is 1180. The van der Waals surface area contributed by atoms with E-state index in [1.54, 1.807) is 0 Å². The molecule has 0 N–H and O–H groups in total. The second kappa shape index (κ2) is 9.07. The van der Waals surface area contributed by atoms with Gasteiger partial charge in [0.2, 0.25) is 0 Å². The molecular formula is C24H18Cl2O3S2. The fraction of sp³-hybridized carbons (Fsp3) is 0. The average molecular weight is 489 g/mol. The van der Waals surface area contributed by atoms with E-state index in [1.807, 2.05) is 91.0 Å². The highest BCUT2D eigenvalue weighted by Crippen LogP contribution is 2.70. The van der Waals surface area contributed by atoms with Gasteiger partial charge in [-0.05, 0) is 64.9 Å². The summed E-state index contributed by atoms with van der Waals surface area (Å²) in [5.41, 5.74) is 0. The summed E-state index contributed by atoms with van der Waals surface area (Å²) in [5, 5.41) is 0.304. The van der Waals surface area contributed by atoms with Crippen LogP contribution < -0.4 is 0 Å². The summed E-state index contributed by atoms with van der Waals surface area (Å²) in [6.45, 7) is 0. The highest BCUT2D eigenvalue weighted by molar-refractivity contribution is 8.33. The molecule has 0 radical (unpaired) electrons. The molecule has 0 unspecified atom stereocenters. The van der Waals surface area contributed by atoms with Gasteiger partial charge in [-0.3, -0.25) is 0 Å². The van der Waals surface area contributed by atoms with Gasteiger partial charge in [-0.2, -0.15) is 8.42 Å². The van der Waals surface area contributed by atoms with Gasteiger partial charge in [0.05, 0.1) is 5.02 Å². The van der Waals surface area contributed by atoms with E-state index in [4.69, 9.17) is 26.8 Å². The fourth-order valence-electron chi connectivity index (χ4n) is 3.20. The van der Waals surface area contributed by atoms with Crippen molar-refractivity contribution in [1.82, 2.24) is 0 Å². The maximum Gasteiger partial charge on any atom is 0.308 e. The number of hydrogen-bond acceptors (Lipinski definition) is 3. The van der Waals surface area contributed by atoms with Gasteiger partial charge in [0, 0.05) is 19.7 Å². The molecule has 4 aromatic carbocycles. The van der Waals surface area contributed by atoms with Crippen LogP contribution in [0.1, 0.15) is 0 Å². The molecule has 158 valence electrons. The molecule has 0 aromatic heterocycles. The van der Waals surface area contributed by atoms with Crippen LogP contribution in [0.5, 0.6) is 0 Å². The molecule has 0 aliphatic rings. The lowest BCUT2D eigenvalue weighted by atomic mass is 10.4. The number of hydrogen-bond donors (Lipinski definition) is 0. The van der Waals surface area contributed by atoms with Gasteiger partial charge in [0.1, 0.15) is 4.90 Å². The number of benzene rings is 4. The van der Waals surface area contributed by atoms with Crippen LogP contribution in [0.15, 0.2) is 129 Å². The minimum atomic E-state index is -4.29. The van der Waals surface area contributed by atoms with Crippen LogP contribution in [0.4, 0.5) is 0 Å². The summed E-state index contributed by atoms with van der Waals surface area (Å²) in [4.78, 5) is 2.07. The van der Waals surface area contributed by atoms with Crippen LogP contribution in [0, 0.1) is 0 Å². The first-order chi connectivity index (χ1) is 14.9. The van der Waals surface area contributed by atoms with E-state index >= 15 is 0 Å². The SMILES string of the molecule is O=S(=O)(OS(c1ccccc1)(c1ccccc1)c1ccccc1)c1cc(Cl)ccc1Cl. The Labute approximate surface area is 193 Å². The molecule has 0 amide bonds. The zero-order valence-corrected chi connectivity index (χ0v) is 19.3. The Morgan fingerprint density at radius 2 is 1.00 bits per heavy atom. The monoisotopic (exact) mass is 488 g/mol. The van der Waals surface area contributed by atoms with Crippen LogP contribution in [0.2, 0.25) is 10.0 Å². The highest BCUT2D eigenvalue weighted by atomic mass is 35.5. The van der Waals surface area contributed by atoms with Crippen molar-refractivity contribution in [2.24, 2.45) is 0 Å². The molecular weight excluding hydrogens is 471 g/mol. The van der Waals surface area contributed by atoms with Crippen molar-refractivity contribution in [1.29, 1.82) is 0 Å². The minimum Gasteiger partial charge on any atom is -0.203 e. The quantitative estimate of drug-likeness (QED) is 0.280. The molecule has 0 heterocycles. The van der Waals surface area contributed by atoms with E-state index in [-0.39, 0.29) is 14.9 Å². The third-order valence-electron chi connectivity index (χ3n) is 4.58. The zero-order valence-electron chi connectivity index (χ0n) is 16.2. The normalized spacial score (nSPS) is 12.5. The first-order valence-corrected chi connectivity index (χ1v) is 13.1. The lowest BCUT2D eigenvalue weighted by Gasteiger charge is -2.39. The summed E-state index contributed by atoms with van der Waals surface area (Å²) in [7, 11) is -6.95. The summed E-state index contributed by atoms with van der Waals surface area (Å²) < 4.78 is 33.4. The molecule has 3 nitrogen and oxygen atoms in total. The molecule has 0 aliphatic heterocycles. The maximum absolute atomic E-state index is 13.6. The van der Waals surface area contributed by atoms with Gasteiger partial charge >= 0.3 is 10.1 Å². The first-order valence-electron chi connectivity index (χ1n) is 9.33. The molecule has 0 aliphatic carbocycles. The van der Waals surface area contributed by atoms with Crippen LogP contribution >= 0.6 is 33.5 Å². The Morgan fingerprint density at radius 3 is 1.42 bits per heavy atom. The van der Waals surface area contributed by atoms with Gasteiger partial charge in [0.25, 0.3) is 0 Å². The Kier molecular flexibility index (Phi) is 6.42. The van der Waals surface area contributed by atoms with Crippen LogP contribution in [0.25, 0.3) is 0 Å². The lowest BCUT2D eigenvalue weighted by molar-refractivity contribution is 0.508. The van der Waals surface area contributed by atoms with E-state index in [1.165, 1.54) is 18.2 Å². The molecule has 0 saturated carbocycles. The van der Waals surface area contributed by atoms with Crippen molar-refractivity contribution in [3.63, 3.8) is 0 Å². The average Bonchev–Trinajstić information content (AvgIpc) is 2.81. The van der Waals surface area contributed by atoms with E-state index in [9.17, 15) is 8.42 Å². The Balaban J connectivity index is 2.02. The van der Waals surface area contributed by atoms with Crippen molar-refractivity contribution < 1.29 is 12.0 Å². The minimum absolute atomic E-state index is 0.0480. The van der Waals surface area contributed by atoms with Crippen molar-refractivity contribution >= 4 is 43.6 Å². The van der Waals surface area contributed by atoms with Crippen molar-refractivity contribution in [3.8, 4) is 0 Å². The van der Waals surface area contributed by atoms with Crippen molar-refractivity contribution in [3.05, 3.63) is 119 Å². The molecule has 0 saturated heterocycles. The fourth-order valence-corrected chi connectivity index (χ4v) is 9.17. The molecule has 0 spiro atoms. The molecule has 0 atom stereocenters. The Morgan fingerprint density at radius 1 is 0.581 bits per heavy atom. The second-order valence-corrected chi connectivity index (χ2v) is 11.9. The molecule has 4 rings (SSSR count).